The summed E-state index contributed by atoms with van der Waals surface area (Å²) in [6.07, 6.45) is 3.01. The molecule has 0 aliphatic heterocycles. The predicted molar refractivity (Wildman–Crippen MR) is 126 cm³/mol. The van der Waals surface area contributed by atoms with Gasteiger partial charge in [-0.3, -0.25) is 4.57 Å². The largest absolute Gasteiger partial charge is 0.378 e. The van der Waals surface area contributed by atoms with E-state index in [4.69, 9.17) is 4.52 Å². The van der Waals surface area contributed by atoms with Crippen LogP contribution in [0.5, 0.6) is 0 Å². The Labute approximate surface area is 181 Å². The number of aliphatic hydroxyl groups is 1. The molecule has 164 valence electrons. The molecule has 5 atom stereocenters. The van der Waals surface area contributed by atoms with Crippen molar-refractivity contribution in [3.05, 3.63) is 60.2 Å². The summed E-state index contributed by atoms with van der Waals surface area (Å²) < 4.78 is 20.9. The van der Waals surface area contributed by atoms with E-state index in [9.17, 15) is 9.67 Å². The molecule has 0 amide bonds. The Hall–Kier alpha value is -1.61. The second-order valence-corrected chi connectivity index (χ2v) is 11.7. The summed E-state index contributed by atoms with van der Waals surface area (Å²) in [4.78, 5) is 2.00. The minimum Gasteiger partial charge on any atom is -0.378 e. The molecule has 4 nitrogen and oxygen atoms in total. The lowest BCUT2D eigenvalue weighted by Crippen LogP contribution is -2.35. The maximum atomic E-state index is 14.4. The summed E-state index contributed by atoms with van der Waals surface area (Å²) in [5.41, 5.74) is 1.65. The van der Waals surface area contributed by atoms with Crippen LogP contribution in [-0.2, 0) is 9.09 Å². The number of benzene rings is 2. The molecule has 1 aliphatic carbocycles. The van der Waals surface area contributed by atoms with E-state index >= 15 is 0 Å². The first-order valence-electron chi connectivity index (χ1n) is 11.0. The Kier molecular flexibility index (Phi) is 7.44. The second kappa shape index (κ2) is 9.68. The van der Waals surface area contributed by atoms with Gasteiger partial charge in [0.2, 0.25) is 0 Å². The van der Waals surface area contributed by atoms with Gasteiger partial charge in [-0.25, -0.2) is 0 Å². The summed E-state index contributed by atoms with van der Waals surface area (Å²) in [5.74, 6) is 0.136. The smallest absolute Gasteiger partial charge is 0.264 e. The molecule has 1 saturated carbocycles. The van der Waals surface area contributed by atoms with Gasteiger partial charge in [0.1, 0.15) is 0 Å². The molecule has 5 unspecified atom stereocenters. The lowest BCUT2D eigenvalue weighted by atomic mass is 9.75. The highest BCUT2D eigenvalue weighted by atomic mass is 31.2. The van der Waals surface area contributed by atoms with Crippen LogP contribution in [0.2, 0.25) is 0 Å². The van der Waals surface area contributed by atoms with Crippen molar-refractivity contribution in [1.82, 2.24) is 0 Å². The van der Waals surface area contributed by atoms with Crippen molar-refractivity contribution < 1.29 is 14.2 Å². The highest BCUT2D eigenvalue weighted by Gasteiger charge is 2.42. The molecule has 1 fully saturated rings. The minimum atomic E-state index is -3.55. The first-order chi connectivity index (χ1) is 14.2. The van der Waals surface area contributed by atoms with E-state index in [1.807, 2.05) is 73.6 Å². The summed E-state index contributed by atoms with van der Waals surface area (Å²) in [7, 11) is 0.390. The van der Waals surface area contributed by atoms with E-state index < -0.39 is 13.2 Å². The van der Waals surface area contributed by atoms with Gasteiger partial charge in [0.25, 0.3) is 7.37 Å². The van der Waals surface area contributed by atoms with E-state index in [1.54, 1.807) is 0 Å². The van der Waals surface area contributed by atoms with E-state index in [0.717, 1.165) is 18.5 Å². The van der Waals surface area contributed by atoms with Crippen LogP contribution in [0, 0.1) is 17.8 Å². The van der Waals surface area contributed by atoms with E-state index in [0.29, 0.717) is 28.6 Å². The van der Waals surface area contributed by atoms with Gasteiger partial charge in [0.15, 0.2) is 5.85 Å². The molecule has 1 N–H and O–H groups in total. The maximum absolute atomic E-state index is 14.4. The van der Waals surface area contributed by atoms with Crippen molar-refractivity contribution in [2.45, 2.75) is 52.0 Å². The number of hydrogen-bond donors (Lipinski definition) is 1. The molecule has 30 heavy (non-hydrogen) atoms. The van der Waals surface area contributed by atoms with Crippen molar-refractivity contribution in [3.63, 3.8) is 0 Å². The molecule has 3 rings (SSSR count). The number of nitrogens with zero attached hydrogens (tertiary/aromatic N) is 1. The fourth-order valence-corrected chi connectivity index (χ4v) is 6.79. The second-order valence-electron chi connectivity index (χ2n) is 9.26. The van der Waals surface area contributed by atoms with Crippen LogP contribution in [0.1, 0.15) is 51.4 Å². The molecular formula is C25H36NO3P. The Morgan fingerprint density at radius 2 is 1.67 bits per heavy atom. The standard InChI is InChI=1S/C25H36NO3P/c1-18(2)23-16-11-19(3)17-24(23)29-30(28,22-9-7-6-8-10-22)25(27)20-12-14-21(15-13-20)26(4)5/h6-10,12-15,18-19,23-25,27H,11,16-17H2,1-5H3. The third-order valence-electron chi connectivity index (χ3n) is 6.40. The van der Waals surface area contributed by atoms with Crippen LogP contribution < -0.4 is 10.2 Å². The average Bonchev–Trinajstić information content (AvgIpc) is 2.73. The van der Waals surface area contributed by atoms with Gasteiger partial charge in [0.05, 0.1) is 6.10 Å². The van der Waals surface area contributed by atoms with Crippen LogP contribution in [0.25, 0.3) is 0 Å². The monoisotopic (exact) mass is 429 g/mol. The van der Waals surface area contributed by atoms with Gasteiger partial charge >= 0.3 is 0 Å². The SMILES string of the molecule is CC1CCC(C(C)C)C(OP(=O)(c2ccccc2)C(O)c2ccc(N(C)C)cc2)C1. The molecule has 0 radical (unpaired) electrons. The lowest BCUT2D eigenvalue weighted by Gasteiger charge is -2.39. The summed E-state index contributed by atoms with van der Waals surface area (Å²) >= 11 is 0. The summed E-state index contributed by atoms with van der Waals surface area (Å²) in [6, 6.07) is 16.8. The van der Waals surface area contributed by atoms with Gasteiger partial charge in [0, 0.05) is 25.1 Å². The average molecular weight is 430 g/mol. The zero-order valence-corrected chi connectivity index (χ0v) is 19.8. The van der Waals surface area contributed by atoms with Crippen molar-refractivity contribution in [2.75, 3.05) is 19.0 Å². The van der Waals surface area contributed by atoms with Gasteiger partial charge in [-0.05, 0) is 60.4 Å². The number of anilines is 1. The fraction of sp³-hybridized carbons (Fsp3) is 0.520. The summed E-state index contributed by atoms with van der Waals surface area (Å²) in [6.45, 7) is 6.65. The first kappa shape index (κ1) is 23.1. The van der Waals surface area contributed by atoms with E-state index in [2.05, 4.69) is 20.8 Å². The molecule has 2 aromatic rings. The molecular weight excluding hydrogens is 393 g/mol. The van der Waals surface area contributed by atoms with Gasteiger partial charge in [-0.15, -0.1) is 0 Å². The maximum Gasteiger partial charge on any atom is 0.264 e. The lowest BCUT2D eigenvalue weighted by molar-refractivity contribution is 0.0427. The molecule has 0 aromatic heterocycles. The Morgan fingerprint density at radius 1 is 1.03 bits per heavy atom. The number of rotatable bonds is 7. The third kappa shape index (κ3) is 4.99. The van der Waals surface area contributed by atoms with E-state index in [-0.39, 0.29) is 6.10 Å². The molecule has 5 heteroatoms. The van der Waals surface area contributed by atoms with Crippen LogP contribution in [0.3, 0.4) is 0 Å². The minimum absolute atomic E-state index is 0.115. The zero-order chi connectivity index (χ0) is 21.9. The summed E-state index contributed by atoms with van der Waals surface area (Å²) in [5, 5.41) is 11.9. The molecule has 0 spiro atoms. The highest BCUT2D eigenvalue weighted by Crippen LogP contribution is 2.60. The quantitative estimate of drug-likeness (QED) is 0.563. The fourth-order valence-electron chi connectivity index (χ4n) is 4.47. The van der Waals surface area contributed by atoms with Crippen molar-refractivity contribution in [3.8, 4) is 0 Å². The molecule has 0 bridgehead atoms. The normalized spacial score (nSPS) is 25.0. The predicted octanol–water partition coefficient (Wildman–Crippen LogP) is 5.82. The Balaban J connectivity index is 1.98. The molecule has 2 aromatic carbocycles. The Morgan fingerprint density at radius 3 is 2.23 bits per heavy atom. The van der Waals surface area contributed by atoms with Gasteiger partial charge < -0.3 is 14.5 Å². The van der Waals surface area contributed by atoms with Gasteiger partial charge in [-0.2, -0.15) is 0 Å². The van der Waals surface area contributed by atoms with Gasteiger partial charge in [-0.1, -0.05) is 57.5 Å². The zero-order valence-electron chi connectivity index (χ0n) is 18.9. The third-order valence-corrected chi connectivity index (χ3v) is 8.94. The van der Waals surface area contributed by atoms with Crippen LogP contribution in [0.15, 0.2) is 54.6 Å². The molecule has 0 saturated heterocycles. The van der Waals surface area contributed by atoms with Crippen molar-refractivity contribution in [2.24, 2.45) is 17.8 Å². The van der Waals surface area contributed by atoms with Crippen molar-refractivity contribution in [1.29, 1.82) is 0 Å². The molecule has 0 heterocycles. The van der Waals surface area contributed by atoms with Crippen LogP contribution in [0.4, 0.5) is 5.69 Å². The number of aliphatic hydroxyl groups excluding tert-OH is 1. The van der Waals surface area contributed by atoms with E-state index in [1.165, 1.54) is 6.42 Å². The van der Waals surface area contributed by atoms with Crippen LogP contribution in [-0.4, -0.2) is 25.3 Å². The molecule has 1 aliphatic rings. The topological polar surface area (TPSA) is 49.8 Å². The highest BCUT2D eigenvalue weighted by molar-refractivity contribution is 7.67. The van der Waals surface area contributed by atoms with Crippen LogP contribution >= 0.6 is 7.37 Å². The first-order valence-corrected chi connectivity index (χ1v) is 12.7. The van der Waals surface area contributed by atoms with Crippen molar-refractivity contribution >= 4 is 18.4 Å². The Bertz CT molecular complexity index is 850. The number of hydrogen-bond acceptors (Lipinski definition) is 4.